The van der Waals surface area contributed by atoms with Crippen LogP contribution in [-0.2, 0) is 16.1 Å². The van der Waals surface area contributed by atoms with Crippen molar-refractivity contribution >= 4 is 35.9 Å². The molecule has 2 heterocycles. The predicted molar refractivity (Wildman–Crippen MR) is 120 cm³/mol. The van der Waals surface area contributed by atoms with Crippen molar-refractivity contribution in [1.29, 1.82) is 0 Å². The summed E-state index contributed by atoms with van der Waals surface area (Å²) in [6.07, 6.45) is 3.55. The lowest BCUT2D eigenvalue weighted by atomic mass is 9.97. The number of hydrogen-bond donors (Lipinski definition) is 1. The summed E-state index contributed by atoms with van der Waals surface area (Å²) in [6.45, 7) is 4.48. The molecule has 0 saturated carbocycles. The number of halogens is 1. The zero-order chi connectivity index (χ0) is 19.1. The quantitative estimate of drug-likeness (QED) is 0.298. The summed E-state index contributed by atoms with van der Waals surface area (Å²) >= 11 is 0. The van der Waals surface area contributed by atoms with E-state index in [0.717, 1.165) is 43.3 Å². The Morgan fingerprint density at radius 3 is 2.61 bits per heavy atom. The van der Waals surface area contributed by atoms with Crippen LogP contribution in [0.15, 0.2) is 47.6 Å². The Hall–Kier alpha value is -2.10. The van der Waals surface area contributed by atoms with Crippen molar-refractivity contribution in [1.82, 2.24) is 20.0 Å². The molecule has 1 aromatic carbocycles. The Bertz CT molecular complexity index is 770. The highest BCUT2D eigenvalue weighted by atomic mass is 127. The third-order valence-corrected chi connectivity index (χ3v) is 4.72. The number of benzene rings is 1. The summed E-state index contributed by atoms with van der Waals surface area (Å²) in [5.74, 6) is 0.763. The number of piperidine rings is 1. The van der Waals surface area contributed by atoms with Crippen LogP contribution >= 0.6 is 24.0 Å². The summed E-state index contributed by atoms with van der Waals surface area (Å²) in [6, 6.07) is 12.0. The number of nitrogens with one attached hydrogen (secondary N) is 1. The lowest BCUT2D eigenvalue weighted by Gasteiger charge is -2.33. The number of para-hydroxylation sites is 1. The highest BCUT2D eigenvalue weighted by Crippen LogP contribution is 2.18. The van der Waals surface area contributed by atoms with Gasteiger partial charge in [0.05, 0.1) is 30.5 Å². The first-order valence-electron chi connectivity index (χ1n) is 9.43. The third-order valence-electron chi connectivity index (χ3n) is 4.72. The van der Waals surface area contributed by atoms with Crippen molar-refractivity contribution in [3.63, 3.8) is 0 Å². The van der Waals surface area contributed by atoms with Gasteiger partial charge in [-0.1, -0.05) is 18.2 Å². The van der Waals surface area contributed by atoms with Crippen LogP contribution in [0, 0.1) is 5.92 Å². The second-order valence-electron chi connectivity index (χ2n) is 6.50. The van der Waals surface area contributed by atoms with Gasteiger partial charge in [0.1, 0.15) is 0 Å². The van der Waals surface area contributed by atoms with E-state index in [1.165, 1.54) is 0 Å². The van der Waals surface area contributed by atoms with Crippen LogP contribution in [-0.4, -0.2) is 53.4 Å². The number of guanidine groups is 1. The highest BCUT2D eigenvalue weighted by Gasteiger charge is 2.27. The molecule has 1 aromatic heterocycles. The largest absolute Gasteiger partial charge is 0.466 e. The van der Waals surface area contributed by atoms with Crippen LogP contribution in [0.5, 0.6) is 0 Å². The molecule has 1 aliphatic heterocycles. The second kappa shape index (κ2) is 11.0. The number of aliphatic imine (C=N–C) groups is 1. The lowest BCUT2D eigenvalue weighted by molar-refractivity contribution is -0.149. The Morgan fingerprint density at radius 1 is 1.25 bits per heavy atom. The molecule has 0 spiro atoms. The van der Waals surface area contributed by atoms with Crippen molar-refractivity contribution < 1.29 is 9.53 Å². The minimum Gasteiger partial charge on any atom is -0.466 e. The Morgan fingerprint density at radius 2 is 1.96 bits per heavy atom. The van der Waals surface area contributed by atoms with E-state index in [1.54, 1.807) is 7.05 Å². The van der Waals surface area contributed by atoms with Crippen molar-refractivity contribution in [3.8, 4) is 5.69 Å². The van der Waals surface area contributed by atoms with Gasteiger partial charge in [0.25, 0.3) is 0 Å². The Balaban J connectivity index is 0.00000280. The van der Waals surface area contributed by atoms with Crippen molar-refractivity contribution in [2.75, 3.05) is 26.7 Å². The van der Waals surface area contributed by atoms with E-state index in [4.69, 9.17) is 4.74 Å². The minimum atomic E-state index is -0.0773. The molecule has 0 radical (unpaired) electrons. The van der Waals surface area contributed by atoms with Crippen LogP contribution < -0.4 is 5.32 Å². The topological polar surface area (TPSA) is 71.8 Å². The Labute approximate surface area is 183 Å². The molecule has 0 aliphatic carbocycles. The summed E-state index contributed by atoms with van der Waals surface area (Å²) in [5.41, 5.74) is 1.98. The number of aromatic nitrogens is 2. The molecule has 1 N–H and O–H groups in total. The molecular weight excluding hydrogens is 469 g/mol. The molecule has 8 heteroatoms. The van der Waals surface area contributed by atoms with Gasteiger partial charge >= 0.3 is 5.97 Å². The van der Waals surface area contributed by atoms with E-state index in [0.29, 0.717) is 13.2 Å². The molecule has 0 amide bonds. The summed E-state index contributed by atoms with van der Waals surface area (Å²) in [7, 11) is 1.78. The van der Waals surface area contributed by atoms with Gasteiger partial charge in [-0.2, -0.15) is 5.10 Å². The van der Waals surface area contributed by atoms with Gasteiger partial charge in [-0.15, -0.1) is 24.0 Å². The number of nitrogens with zero attached hydrogens (tertiary/aromatic N) is 4. The smallest absolute Gasteiger partial charge is 0.309 e. The van der Waals surface area contributed by atoms with Gasteiger partial charge in [0.15, 0.2) is 5.96 Å². The van der Waals surface area contributed by atoms with Crippen LogP contribution in [0.4, 0.5) is 0 Å². The summed E-state index contributed by atoms with van der Waals surface area (Å²) in [4.78, 5) is 18.4. The fourth-order valence-corrected chi connectivity index (χ4v) is 3.27. The molecule has 0 bridgehead atoms. The molecule has 2 aromatic rings. The van der Waals surface area contributed by atoms with Crippen molar-refractivity contribution in [2.45, 2.75) is 26.3 Å². The number of carbonyl (C=O) groups excluding carboxylic acids is 1. The van der Waals surface area contributed by atoms with Gasteiger partial charge in [0.2, 0.25) is 0 Å². The van der Waals surface area contributed by atoms with E-state index in [9.17, 15) is 4.79 Å². The Kier molecular flexibility index (Phi) is 8.75. The van der Waals surface area contributed by atoms with Gasteiger partial charge < -0.3 is 15.0 Å². The molecule has 7 nitrogen and oxygen atoms in total. The van der Waals surface area contributed by atoms with Crippen LogP contribution in [0.1, 0.15) is 25.5 Å². The first kappa shape index (κ1) is 22.2. The van der Waals surface area contributed by atoms with Crippen molar-refractivity contribution in [2.24, 2.45) is 10.9 Å². The second-order valence-corrected chi connectivity index (χ2v) is 6.50. The normalized spacial score (nSPS) is 15.1. The number of ether oxygens (including phenoxy) is 1. The van der Waals surface area contributed by atoms with E-state index in [2.05, 4.69) is 20.3 Å². The highest BCUT2D eigenvalue weighted by molar-refractivity contribution is 14.0. The average molecular weight is 497 g/mol. The number of carbonyl (C=O) groups is 1. The maximum absolute atomic E-state index is 11.9. The maximum Gasteiger partial charge on any atom is 0.309 e. The first-order valence-corrected chi connectivity index (χ1v) is 9.43. The fraction of sp³-hybridized carbons (Fsp3) is 0.450. The number of rotatable bonds is 5. The lowest BCUT2D eigenvalue weighted by Crippen LogP contribution is -2.46. The molecule has 1 aliphatic rings. The molecule has 0 unspecified atom stereocenters. The third kappa shape index (κ3) is 5.70. The van der Waals surface area contributed by atoms with Gasteiger partial charge in [-0.3, -0.25) is 9.79 Å². The molecule has 1 saturated heterocycles. The van der Waals surface area contributed by atoms with Gasteiger partial charge in [-0.05, 0) is 38.0 Å². The summed E-state index contributed by atoms with van der Waals surface area (Å²) < 4.78 is 7.00. The minimum absolute atomic E-state index is 0. The van der Waals surface area contributed by atoms with Gasteiger partial charge in [0, 0.05) is 26.3 Å². The number of likely N-dealkylation sites (tertiary alicyclic amines) is 1. The fourth-order valence-electron chi connectivity index (χ4n) is 3.27. The zero-order valence-electron chi connectivity index (χ0n) is 16.4. The van der Waals surface area contributed by atoms with Crippen molar-refractivity contribution in [3.05, 3.63) is 48.3 Å². The SMILES string of the molecule is CCOC(=O)C1CCN(C(=NC)NCc2ccn(-c3ccccc3)n2)CC1.I. The first-order chi connectivity index (χ1) is 13.2. The molecular formula is C20H28IN5O2. The average Bonchev–Trinajstić information content (AvgIpc) is 3.19. The monoisotopic (exact) mass is 497 g/mol. The number of hydrogen-bond acceptors (Lipinski definition) is 4. The van der Waals surface area contributed by atoms with E-state index < -0.39 is 0 Å². The van der Waals surface area contributed by atoms with Crippen LogP contribution in [0.25, 0.3) is 5.69 Å². The molecule has 3 rings (SSSR count). The van der Waals surface area contributed by atoms with E-state index in [1.807, 2.05) is 54.2 Å². The van der Waals surface area contributed by atoms with Gasteiger partial charge in [-0.25, -0.2) is 4.68 Å². The van der Waals surface area contributed by atoms with Crippen LogP contribution in [0.3, 0.4) is 0 Å². The summed E-state index contributed by atoms with van der Waals surface area (Å²) in [5, 5.41) is 7.98. The predicted octanol–water partition coefficient (Wildman–Crippen LogP) is 2.84. The molecule has 152 valence electrons. The number of esters is 1. The zero-order valence-corrected chi connectivity index (χ0v) is 18.7. The molecule has 28 heavy (non-hydrogen) atoms. The molecule has 0 atom stereocenters. The van der Waals surface area contributed by atoms with E-state index >= 15 is 0 Å². The standard InChI is InChI=1S/C20H27N5O2.HI/c1-3-27-19(26)16-9-12-24(13-10-16)20(21-2)22-15-17-11-14-25(23-17)18-7-5-4-6-8-18;/h4-8,11,14,16H,3,9-10,12-13,15H2,1-2H3,(H,21,22);1H. The maximum atomic E-state index is 11.9. The van der Waals surface area contributed by atoms with E-state index in [-0.39, 0.29) is 35.9 Å². The molecule has 1 fully saturated rings. The van der Waals surface area contributed by atoms with Crippen LogP contribution in [0.2, 0.25) is 0 Å².